The van der Waals surface area contributed by atoms with Gasteiger partial charge in [0.25, 0.3) is 5.95 Å². The van der Waals surface area contributed by atoms with Crippen molar-refractivity contribution < 1.29 is 13.3 Å². The highest BCUT2D eigenvalue weighted by Crippen LogP contribution is 1.95. The van der Waals surface area contributed by atoms with Crippen LogP contribution in [0.5, 0.6) is 0 Å². The molecule has 0 fully saturated rings. The molecule has 0 aromatic rings. The molecule has 0 aromatic carbocycles. The zero-order valence-electron chi connectivity index (χ0n) is 15.5. The van der Waals surface area contributed by atoms with Crippen LogP contribution < -0.4 is 0 Å². The van der Waals surface area contributed by atoms with Gasteiger partial charge >= 0.3 is 16.6 Å². The Morgan fingerprint density at radius 3 is 1.30 bits per heavy atom. The quantitative estimate of drug-likeness (QED) is 0.297. The molecular formula is C26H5AlO3. The summed E-state index contributed by atoms with van der Waals surface area (Å²) in [6, 6.07) is 0. The third-order valence-electron chi connectivity index (χ3n) is 1.84. The maximum Gasteiger partial charge on any atom is 0.485 e. The normalized spacial score (nSPS) is 5.93. The van der Waals surface area contributed by atoms with Gasteiger partial charge in [0.05, 0.1) is 6.08 Å². The molecule has 0 spiro atoms. The fourth-order valence-corrected chi connectivity index (χ4v) is 1.04. The van der Waals surface area contributed by atoms with Gasteiger partial charge in [-0.25, -0.2) is 0 Å². The van der Waals surface area contributed by atoms with Crippen LogP contribution in [0.2, 0.25) is 0 Å². The van der Waals surface area contributed by atoms with Crippen LogP contribution in [0.15, 0.2) is 12.0 Å². The van der Waals surface area contributed by atoms with E-state index >= 15 is 0 Å². The van der Waals surface area contributed by atoms with E-state index in [-0.39, 0.29) is 11.7 Å². The predicted octanol–water partition coefficient (Wildman–Crippen LogP) is 0.158. The molecule has 0 aromatic heterocycles. The molecule has 0 aliphatic rings. The first-order valence-corrected chi connectivity index (χ1v) is 7.89. The summed E-state index contributed by atoms with van der Waals surface area (Å²) in [5.41, 5.74) is 0. The third-order valence-corrected chi connectivity index (χ3v) is 2.07. The van der Waals surface area contributed by atoms with Gasteiger partial charge in [-0.1, -0.05) is 0 Å². The van der Waals surface area contributed by atoms with Crippen molar-refractivity contribution in [3.8, 4) is 131 Å². The number of ketones is 1. The number of carbonyl (C=O) groups is 1. The predicted molar refractivity (Wildman–Crippen MR) is 113 cm³/mol. The Hall–Kier alpha value is -5.30. The molecule has 0 heterocycles. The van der Waals surface area contributed by atoms with Crippen LogP contribution in [0.25, 0.3) is 0 Å². The number of rotatable bonds is 3. The zero-order chi connectivity index (χ0) is 22.1. The van der Waals surface area contributed by atoms with Gasteiger partial charge in [-0.2, -0.15) is 0 Å². The zero-order valence-corrected chi connectivity index (χ0v) is 16.6. The molecule has 4 heteroatoms. The van der Waals surface area contributed by atoms with Crippen molar-refractivity contribution in [2.24, 2.45) is 0 Å². The van der Waals surface area contributed by atoms with Gasteiger partial charge in [0, 0.05) is 71.0 Å². The Bertz CT molecular complexity index is 1380. The van der Waals surface area contributed by atoms with E-state index in [9.17, 15) is 4.79 Å². The minimum atomic E-state index is -0.244. The smallest absolute Gasteiger partial charge is 0.485 e. The molecule has 2 radical (unpaired) electrons. The lowest BCUT2D eigenvalue weighted by Gasteiger charge is -2.01. The second-order valence-electron chi connectivity index (χ2n) is 3.92. The molecule has 130 valence electrons. The summed E-state index contributed by atoms with van der Waals surface area (Å²) in [4.78, 5) is 10.8. The monoisotopic (exact) mass is 392 g/mol. The highest BCUT2D eigenvalue weighted by atomic mass is 27.1. The molecule has 0 aliphatic heterocycles. The average molecular weight is 392 g/mol. The van der Waals surface area contributed by atoms with Crippen molar-refractivity contribution in [2.75, 3.05) is 0 Å². The lowest BCUT2D eigenvalue weighted by Crippen LogP contribution is -1.94. The Balaban J connectivity index is 4.49. The number of carbonyl (C=O) groups excluding carboxylic acids is 1. The molecule has 0 unspecified atom stereocenters. The molecule has 0 bridgehead atoms. The van der Waals surface area contributed by atoms with E-state index in [1.165, 1.54) is 6.92 Å². The summed E-state index contributed by atoms with van der Waals surface area (Å²) in [6.45, 7) is 1.34. The third kappa shape index (κ3) is 19.0. The molecule has 0 aliphatic carbocycles. The number of allylic oxidation sites excluding steroid dienone is 1. The number of ether oxygens (including phenoxy) is 1. The van der Waals surface area contributed by atoms with E-state index in [4.69, 9.17) is 14.9 Å². The summed E-state index contributed by atoms with van der Waals surface area (Å²) in [5, 5.41) is 0. The van der Waals surface area contributed by atoms with Crippen LogP contribution in [0.3, 0.4) is 0 Å². The lowest BCUT2D eigenvalue weighted by molar-refractivity contribution is -0.112. The van der Waals surface area contributed by atoms with Gasteiger partial charge < -0.3 is 8.53 Å². The number of terminal acetylenes is 1. The summed E-state index contributed by atoms with van der Waals surface area (Å²) in [6.07, 6.45) is 8.28. The van der Waals surface area contributed by atoms with E-state index in [2.05, 4.69) is 125 Å². The van der Waals surface area contributed by atoms with Gasteiger partial charge in [0.15, 0.2) is 5.78 Å². The van der Waals surface area contributed by atoms with E-state index in [0.717, 1.165) is 6.08 Å². The van der Waals surface area contributed by atoms with Gasteiger partial charge in [0.1, 0.15) is 6.11 Å². The first-order chi connectivity index (χ1) is 14.7. The minimum Gasteiger partial charge on any atom is -0.627 e. The van der Waals surface area contributed by atoms with Crippen LogP contribution in [0.4, 0.5) is 0 Å². The molecular weight excluding hydrogens is 387 g/mol. The van der Waals surface area contributed by atoms with Gasteiger partial charge in [-0.05, 0) is 54.3 Å². The first-order valence-electron chi connectivity index (χ1n) is 7.42. The van der Waals surface area contributed by atoms with Crippen LogP contribution in [-0.2, 0) is 13.3 Å². The van der Waals surface area contributed by atoms with Crippen molar-refractivity contribution in [2.45, 2.75) is 6.92 Å². The van der Waals surface area contributed by atoms with Crippen molar-refractivity contribution >= 4 is 22.4 Å². The fourth-order valence-electron chi connectivity index (χ4n) is 0.922. The van der Waals surface area contributed by atoms with Crippen LogP contribution >= 0.6 is 0 Å². The topological polar surface area (TPSA) is 35.5 Å². The van der Waals surface area contributed by atoms with Crippen molar-refractivity contribution in [1.29, 1.82) is 0 Å². The Morgan fingerprint density at radius 2 is 1.00 bits per heavy atom. The summed E-state index contributed by atoms with van der Waals surface area (Å²) >= 11 is 1.94. The SMILES string of the molecule is C#CC#CC#CC#CC#CC#CC#CC#CC#CC#CC#CO/C(=C/C(C)=O)[O][Al]. The highest BCUT2D eigenvalue weighted by molar-refractivity contribution is 5.99. The van der Waals surface area contributed by atoms with Crippen LogP contribution in [-0.4, -0.2) is 22.4 Å². The van der Waals surface area contributed by atoms with Gasteiger partial charge in [-0.15, -0.1) is 6.42 Å². The Kier molecular flexibility index (Phi) is 16.5. The minimum absolute atomic E-state index is 0.0593. The van der Waals surface area contributed by atoms with E-state index < -0.39 is 0 Å². The van der Waals surface area contributed by atoms with Gasteiger partial charge in [-0.3, -0.25) is 4.79 Å². The molecule has 3 nitrogen and oxygen atoms in total. The maximum atomic E-state index is 10.8. The molecule has 0 saturated carbocycles. The fraction of sp³-hybridized carbons (Fsp3) is 0.0385. The second-order valence-corrected chi connectivity index (χ2v) is 4.15. The van der Waals surface area contributed by atoms with Crippen molar-refractivity contribution in [3.05, 3.63) is 12.0 Å². The molecule has 0 N–H and O–H groups in total. The Morgan fingerprint density at radius 1 is 0.667 bits per heavy atom. The highest BCUT2D eigenvalue weighted by Gasteiger charge is 1.94. The Labute approximate surface area is 185 Å². The van der Waals surface area contributed by atoms with E-state index in [1.54, 1.807) is 0 Å². The number of hydrogen-bond acceptors (Lipinski definition) is 3. The van der Waals surface area contributed by atoms with Crippen molar-refractivity contribution in [3.63, 3.8) is 0 Å². The summed E-state index contributed by atoms with van der Waals surface area (Å²) < 4.78 is 9.53. The largest absolute Gasteiger partial charge is 0.627 e. The maximum absolute atomic E-state index is 10.8. The standard InChI is InChI=1S/C26H6O3.Al/c1-3-4-5-6-7-8-9-10-11-12-13-14-15-16-17-18-19-20-21-22-23-29-26(28)24-25(2)27;/h1,24,28H,2H3;/q;+1/p-1/b26-24+;. The summed E-state index contributed by atoms with van der Waals surface area (Å²) in [7, 11) is 0. The van der Waals surface area contributed by atoms with Crippen LogP contribution in [0, 0.1) is 131 Å². The summed E-state index contributed by atoms with van der Waals surface area (Å²) in [5.74, 6) is 48.2. The lowest BCUT2D eigenvalue weighted by atomic mass is 10.4. The van der Waals surface area contributed by atoms with Gasteiger partial charge in [0.2, 0.25) is 0 Å². The van der Waals surface area contributed by atoms with Crippen molar-refractivity contribution in [1.82, 2.24) is 0 Å². The molecule has 0 saturated heterocycles. The van der Waals surface area contributed by atoms with Crippen LogP contribution in [0.1, 0.15) is 6.92 Å². The molecule has 0 atom stereocenters. The van der Waals surface area contributed by atoms with E-state index in [0.29, 0.717) is 0 Å². The molecule has 0 rings (SSSR count). The average Bonchev–Trinajstić information content (AvgIpc) is 2.73. The van der Waals surface area contributed by atoms with E-state index in [1.807, 2.05) is 16.6 Å². The molecule has 30 heavy (non-hydrogen) atoms. The second kappa shape index (κ2) is 20.0. The number of hydrogen-bond donors (Lipinski definition) is 0. The molecule has 0 amide bonds. The first kappa shape index (κ1) is 24.7.